The average molecular weight is 747 g/mol. The zero-order valence-corrected chi connectivity index (χ0v) is 31.7. The Kier molecular flexibility index (Phi) is 8.29. The number of benzene rings is 8. The quantitative estimate of drug-likeness (QED) is 0.177. The molecule has 2 atom stereocenters. The van der Waals surface area contributed by atoms with Gasteiger partial charge in [0.15, 0.2) is 5.84 Å². The molecule has 8 aromatic rings. The Balaban J connectivity index is 1.07. The summed E-state index contributed by atoms with van der Waals surface area (Å²) in [5.41, 5.74) is 11.1. The highest BCUT2D eigenvalue weighted by Crippen LogP contribution is 2.45. The number of para-hydroxylation sites is 1. The lowest BCUT2D eigenvalue weighted by Crippen LogP contribution is -2.42. The first-order chi connectivity index (χ1) is 28.7. The van der Waals surface area contributed by atoms with E-state index in [1.54, 1.807) is 0 Å². The number of nitrogens with one attached hydrogen (secondary N) is 1. The molecule has 276 valence electrons. The minimum atomic E-state index is -0.405. The van der Waals surface area contributed by atoms with Crippen LogP contribution < -0.4 is 25.4 Å². The fraction of sp³-hybridized carbons (Fsp3) is 0.0566. The number of fused-ring (bicyclic) bond motifs is 5. The Morgan fingerprint density at radius 3 is 1.93 bits per heavy atom. The van der Waals surface area contributed by atoms with E-state index in [2.05, 4.69) is 186 Å². The molecule has 2 aliphatic heterocycles. The second-order valence-corrected chi connectivity index (χ2v) is 14.9. The molecule has 1 aliphatic carbocycles. The van der Waals surface area contributed by atoms with Gasteiger partial charge in [-0.2, -0.15) is 0 Å². The summed E-state index contributed by atoms with van der Waals surface area (Å²) in [4.78, 5) is 12.9. The third kappa shape index (κ3) is 5.96. The maximum absolute atomic E-state index is 7.01. The third-order valence-electron chi connectivity index (χ3n) is 11.4. The Hall–Kier alpha value is -7.50. The summed E-state index contributed by atoms with van der Waals surface area (Å²) < 4.78 is 7.01. The van der Waals surface area contributed by atoms with Crippen LogP contribution in [0.5, 0.6) is 5.75 Å². The van der Waals surface area contributed by atoms with E-state index in [-0.39, 0.29) is 6.10 Å². The van der Waals surface area contributed by atoms with Crippen molar-refractivity contribution in [2.24, 2.45) is 9.98 Å². The van der Waals surface area contributed by atoms with Gasteiger partial charge in [0.05, 0.1) is 0 Å². The zero-order valence-electron chi connectivity index (χ0n) is 31.7. The minimum Gasteiger partial charge on any atom is -0.485 e. The summed E-state index contributed by atoms with van der Waals surface area (Å²) >= 11 is 0. The molecule has 58 heavy (non-hydrogen) atoms. The first-order valence-corrected chi connectivity index (χ1v) is 19.9. The summed E-state index contributed by atoms with van der Waals surface area (Å²) in [6.45, 7) is 0. The molecule has 0 spiro atoms. The van der Waals surface area contributed by atoms with Crippen LogP contribution in [0, 0.1) is 0 Å². The van der Waals surface area contributed by atoms with Crippen molar-refractivity contribution in [1.29, 1.82) is 0 Å². The molecule has 0 bridgehead atoms. The molecular formula is C53H38N4O. The predicted octanol–water partition coefficient (Wildman–Crippen LogP) is 10.3. The second kappa shape index (κ2) is 14.2. The van der Waals surface area contributed by atoms with E-state index in [0.717, 1.165) is 50.8 Å². The van der Waals surface area contributed by atoms with Gasteiger partial charge in [-0.25, -0.2) is 9.98 Å². The maximum atomic E-state index is 7.01. The monoisotopic (exact) mass is 746 g/mol. The maximum Gasteiger partial charge on any atom is 0.159 e. The average Bonchev–Trinajstić information content (AvgIpc) is 3.69. The molecule has 5 heteroatoms. The topological polar surface area (TPSA) is 49.2 Å². The number of rotatable bonds is 7. The summed E-state index contributed by atoms with van der Waals surface area (Å²) in [5.74, 6) is 2.35. The van der Waals surface area contributed by atoms with Crippen LogP contribution in [0.2, 0.25) is 0 Å². The molecule has 0 fully saturated rings. The fourth-order valence-corrected chi connectivity index (χ4v) is 8.73. The van der Waals surface area contributed by atoms with E-state index < -0.39 is 6.17 Å². The molecule has 5 nitrogen and oxygen atoms in total. The zero-order chi connectivity index (χ0) is 38.4. The van der Waals surface area contributed by atoms with E-state index in [4.69, 9.17) is 14.7 Å². The number of hydrogen-bond acceptors (Lipinski definition) is 5. The van der Waals surface area contributed by atoms with E-state index in [9.17, 15) is 0 Å². The lowest BCUT2D eigenvalue weighted by Gasteiger charge is -2.32. The molecule has 3 aliphatic rings. The lowest BCUT2D eigenvalue weighted by atomic mass is 9.87. The van der Waals surface area contributed by atoms with Gasteiger partial charge >= 0.3 is 0 Å². The van der Waals surface area contributed by atoms with Gasteiger partial charge in [0, 0.05) is 56.5 Å². The molecule has 0 amide bonds. The van der Waals surface area contributed by atoms with Gasteiger partial charge in [0.1, 0.15) is 23.9 Å². The van der Waals surface area contributed by atoms with Crippen molar-refractivity contribution in [2.75, 3.05) is 4.90 Å². The van der Waals surface area contributed by atoms with Gasteiger partial charge < -0.3 is 15.0 Å². The first-order valence-electron chi connectivity index (χ1n) is 19.9. The van der Waals surface area contributed by atoms with E-state index in [1.807, 2.05) is 24.3 Å². The van der Waals surface area contributed by atoms with Crippen molar-refractivity contribution < 1.29 is 4.74 Å². The second-order valence-electron chi connectivity index (χ2n) is 14.9. The van der Waals surface area contributed by atoms with Gasteiger partial charge in [-0.3, -0.25) is 0 Å². The smallest absolute Gasteiger partial charge is 0.159 e. The molecule has 0 radical (unpaired) electrons. The molecule has 2 unspecified atom stereocenters. The van der Waals surface area contributed by atoms with Crippen LogP contribution >= 0.6 is 0 Å². The largest absolute Gasteiger partial charge is 0.485 e. The van der Waals surface area contributed by atoms with Crippen molar-refractivity contribution in [1.82, 2.24) is 5.32 Å². The van der Waals surface area contributed by atoms with Crippen LogP contribution in [-0.4, -0.2) is 17.8 Å². The molecule has 1 N–H and O–H groups in total. The lowest BCUT2D eigenvalue weighted by molar-refractivity contribution is 0.279. The first kappa shape index (κ1) is 33.8. The highest BCUT2D eigenvalue weighted by Gasteiger charge is 2.38. The van der Waals surface area contributed by atoms with Crippen molar-refractivity contribution in [3.8, 4) is 16.9 Å². The standard InChI is InChI=1S/C53H38N4O/c1-4-15-35(16-5-1)37-27-29-39(30-28-37)52-54-51(38-18-6-2-7-19-38)55-53(56-52)45-25-14-26-47-50(45)49-44-24-13-12-23-43(44)46(34-48(49)58-47)57(41-21-8-3-9-22-41)42-32-31-36-17-10-11-20-40(36)33-42/h1-33,48,53H,34H2,(H,54,55,56). The molecule has 0 aromatic heterocycles. The number of anilines is 2. The highest BCUT2D eigenvalue weighted by atomic mass is 16.5. The minimum absolute atomic E-state index is 0.187. The fourth-order valence-electron chi connectivity index (χ4n) is 8.73. The van der Waals surface area contributed by atoms with Crippen LogP contribution in [0.4, 0.5) is 11.4 Å². The third-order valence-corrected chi connectivity index (χ3v) is 11.4. The molecule has 0 saturated carbocycles. The van der Waals surface area contributed by atoms with Crippen LogP contribution in [0.1, 0.15) is 34.8 Å². The van der Waals surface area contributed by atoms with Crippen LogP contribution in [-0.2, 0) is 0 Å². The number of aliphatic imine (C=N–C) groups is 2. The Labute approximate surface area is 337 Å². The summed E-state index contributed by atoms with van der Waals surface area (Å²) in [6.07, 6.45) is 0.101. The van der Waals surface area contributed by atoms with Gasteiger partial charge in [-0.15, -0.1) is 0 Å². The highest BCUT2D eigenvalue weighted by molar-refractivity contribution is 6.13. The van der Waals surface area contributed by atoms with Crippen LogP contribution in [0.15, 0.2) is 210 Å². The number of hydrogen-bond donors (Lipinski definition) is 1. The summed E-state index contributed by atoms with van der Waals surface area (Å²) in [5, 5.41) is 8.54. The van der Waals surface area contributed by atoms with E-state index in [1.165, 1.54) is 38.0 Å². The summed E-state index contributed by atoms with van der Waals surface area (Å²) in [7, 11) is 0. The number of amidine groups is 2. The summed E-state index contributed by atoms with van der Waals surface area (Å²) in [6, 6.07) is 70.5. The van der Waals surface area contributed by atoms with E-state index in [0.29, 0.717) is 12.3 Å². The van der Waals surface area contributed by atoms with Gasteiger partial charge in [-0.05, 0) is 57.4 Å². The Morgan fingerprint density at radius 1 is 0.517 bits per heavy atom. The number of nitrogens with zero attached hydrogens (tertiary/aromatic N) is 3. The molecule has 0 saturated heterocycles. The Morgan fingerprint density at radius 2 is 1.16 bits per heavy atom. The Bertz CT molecular complexity index is 3030. The SMILES string of the molecule is c1ccc(C2=NC(c3ccc(-c4ccccc4)cc3)=NC(c3cccc4c3C3=c5ccccc5=C(N(c5ccccc5)c5ccc6ccccc6c5)CC3O4)N2)cc1. The van der Waals surface area contributed by atoms with Gasteiger partial charge in [0.2, 0.25) is 0 Å². The van der Waals surface area contributed by atoms with Gasteiger partial charge in [0.25, 0.3) is 0 Å². The van der Waals surface area contributed by atoms with E-state index >= 15 is 0 Å². The molecular weight excluding hydrogens is 709 g/mol. The van der Waals surface area contributed by atoms with Crippen LogP contribution in [0.25, 0.3) is 33.2 Å². The van der Waals surface area contributed by atoms with Crippen molar-refractivity contribution in [2.45, 2.75) is 18.7 Å². The molecule has 2 heterocycles. The van der Waals surface area contributed by atoms with Crippen LogP contribution in [0.3, 0.4) is 0 Å². The normalized spacial score (nSPS) is 16.6. The van der Waals surface area contributed by atoms with Gasteiger partial charge in [-0.1, -0.05) is 170 Å². The van der Waals surface area contributed by atoms with Crippen molar-refractivity contribution in [3.05, 3.63) is 233 Å². The van der Waals surface area contributed by atoms with Crippen molar-refractivity contribution in [3.63, 3.8) is 0 Å². The number of ether oxygens (including phenoxy) is 1. The van der Waals surface area contributed by atoms with Crippen molar-refractivity contribution >= 4 is 45.1 Å². The molecule has 11 rings (SSSR count). The predicted molar refractivity (Wildman–Crippen MR) is 237 cm³/mol. The molecule has 8 aromatic carbocycles.